The van der Waals surface area contributed by atoms with Crippen LogP contribution in [0.5, 0.6) is 0 Å². The van der Waals surface area contributed by atoms with Crippen molar-refractivity contribution in [1.82, 2.24) is 9.55 Å². The molecule has 6 heteroatoms. The van der Waals surface area contributed by atoms with E-state index in [-0.39, 0.29) is 23.6 Å². The molecule has 0 amide bonds. The van der Waals surface area contributed by atoms with Crippen LogP contribution in [0.1, 0.15) is 38.7 Å². The lowest BCUT2D eigenvalue weighted by Crippen LogP contribution is -2.47. The van der Waals surface area contributed by atoms with E-state index >= 15 is 0 Å². The van der Waals surface area contributed by atoms with Crippen molar-refractivity contribution in [3.8, 4) is 5.69 Å². The largest absolute Gasteiger partial charge is 0.372 e. The molecule has 0 bridgehead atoms. The van der Waals surface area contributed by atoms with Crippen molar-refractivity contribution in [3.63, 3.8) is 0 Å². The fraction of sp³-hybridized carbons (Fsp3) is 0.524. The van der Waals surface area contributed by atoms with Gasteiger partial charge in [-0.1, -0.05) is 13.8 Å². The first kappa shape index (κ1) is 19.5. The van der Waals surface area contributed by atoms with Gasteiger partial charge in [0.25, 0.3) is 5.56 Å². The summed E-state index contributed by atoms with van der Waals surface area (Å²) in [6.45, 7) is 11.2. The summed E-state index contributed by atoms with van der Waals surface area (Å²) in [5.41, 5.74) is 1.49. The van der Waals surface area contributed by atoms with Crippen molar-refractivity contribution in [2.24, 2.45) is 5.92 Å². The highest BCUT2D eigenvalue weighted by Crippen LogP contribution is 2.27. The van der Waals surface area contributed by atoms with E-state index < -0.39 is 0 Å². The molecule has 2 unspecified atom stereocenters. The normalized spacial score (nSPS) is 20.3. The number of nitrogens with zero attached hydrogens (tertiary/aromatic N) is 3. The summed E-state index contributed by atoms with van der Waals surface area (Å²) in [6, 6.07) is 6.40. The zero-order chi connectivity index (χ0) is 19.7. The Balaban J connectivity index is 1.90. The molecule has 2 atom stereocenters. The predicted molar refractivity (Wildman–Crippen MR) is 105 cm³/mol. The highest BCUT2D eigenvalue weighted by Gasteiger charge is 2.27. The Hall–Kier alpha value is -2.21. The summed E-state index contributed by atoms with van der Waals surface area (Å²) in [7, 11) is 0. The molecule has 5 nitrogen and oxygen atoms in total. The second kappa shape index (κ2) is 7.80. The van der Waals surface area contributed by atoms with Gasteiger partial charge in [0.15, 0.2) is 0 Å². The van der Waals surface area contributed by atoms with Crippen molar-refractivity contribution in [1.29, 1.82) is 0 Å². The summed E-state index contributed by atoms with van der Waals surface area (Å²) < 4.78 is 22.4. The molecule has 27 heavy (non-hydrogen) atoms. The lowest BCUT2D eigenvalue weighted by atomic mass is 10.0. The Morgan fingerprint density at radius 3 is 2.63 bits per heavy atom. The van der Waals surface area contributed by atoms with Crippen LogP contribution in [0.3, 0.4) is 0 Å². The van der Waals surface area contributed by atoms with Crippen LogP contribution in [0.2, 0.25) is 0 Å². The first-order valence-electron chi connectivity index (χ1n) is 9.52. The molecule has 1 aliphatic rings. The summed E-state index contributed by atoms with van der Waals surface area (Å²) in [4.78, 5) is 18.7. The standard InChI is InChI=1S/C21H28FN3O2/c1-13(2)8-18-12-24(11-15(4)27-18)20-7-6-17(10-19(20)22)25-16(5)23-14(3)9-21(25)26/h6-7,9-10,13,15,18H,8,11-12H2,1-5H3. The molecule has 0 N–H and O–H groups in total. The van der Waals surface area contributed by atoms with E-state index in [1.165, 1.54) is 16.7 Å². The fourth-order valence-electron chi connectivity index (χ4n) is 3.84. The maximum atomic E-state index is 15.0. The SMILES string of the molecule is Cc1cc(=O)n(-c2ccc(N3CC(C)OC(CC(C)C)C3)c(F)c2)c(C)n1. The summed E-state index contributed by atoms with van der Waals surface area (Å²) in [5.74, 6) is 0.735. The van der Waals surface area contributed by atoms with E-state index in [0.717, 1.165) is 6.42 Å². The van der Waals surface area contributed by atoms with Gasteiger partial charge in [0, 0.05) is 30.9 Å². The fourth-order valence-corrected chi connectivity index (χ4v) is 3.84. The first-order valence-corrected chi connectivity index (χ1v) is 9.52. The van der Waals surface area contributed by atoms with Crippen molar-refractivity contribution >= 4 is 5.69 Å². The minimum absolute atomic E-state index is 0.0488. The molecule has 0 radical (unpaired) electrons. The number of morpholine rings is 1. The van der Waals surface area contributed by atoms with Gasteiger partial charge in [-0.15, -0.1) is 0 Å². The zero-order valence-corrected chi connectivity index (χ0v) is 16.7. The Morgan fingerprint density at radius 2 is 2.00 bits per heavy atom. The molecule has 1 fully saturated rings. The molecular formula is C21H28FN3O2. The van der Waals surface area contributed by atoms with Crippen LogP contribution in [0.15, 0.2) is 29.1 Å². The maximum absolute atomic E-state index is 15.0. The number of halogens is 1. The number of aromatic nitrogens is 2. The lowest BCUT2D eigenvalue weighted by molar-refractivity contribution is -0.0255. The van der Waals surface area contributed by atoms with E-state index in [2.05, 4.69) is 18.8 Å². The van der Waals surface area contributed by atoms with Crippen LogP contribution in [0.4, 0.5) is 10.1 Å². The number of anilines is 1. The number of aryl methyl sites for hydroxylation is 2. The molecule has 1 aromatic heterocycles. The van der Waals surface area contributed by atoms with Gasteiger partial charge >= 0.3 is 0 Å². The smallest absolute Gasteiger partial charge is 0.258 e. The average molecular weight is 373 g/mol. The van der Waals surface area contributed by atoms with Crippen molar-refractivity contribution in [2.45, 2.75) is 53.2 Å². The summed E-state index contributed by atoms with van der Waals surface area (Å²) in [6.07, 6.45) is 1.09. The zero-order valence-electron chi connectivity index (χ0n) is 16.7. The van der Waals surface area contributed by atoms with E-state index in [1.54, 1.807) is 26.0 Å². The molecule has 146 valence electrons. The van der Waals surface area contributed by atoms with E-state index in [1.807, 2.05) is 11.8 Å². The molecule has 1 saturated heterocycles. The van der Waals surface area contributed by atoms with Crippen molar-refractivity contribution < 1.29 is 9.13 Å². The number of hydrogen-bond donors (Lipinski definition) is 0. The van der Waals surface area contributed by atoms with Gasteiger partial charge in [0.2, 0.25) is 0 Å². The van der Waals surface area contributed by atoms with Crippen LogP contribution >= 0.6 is 0 Å². The Labute approximate surface area is 159 Å². The highest BCUT2D eigenvalue weighted by molar-refractivity contribution is 5.53. The molecule has 1 aliphatic heterocycles. The van der Waals surface area contributed by atoms with Gasteiger partial charge in [-0.2, -0.15) is 0 Å². The van der Waals surface area contributed by atoms with Gasteiger partial charge < -0.3 is 9.64 Å². The second-order valence-corrected chi connectivity index (χ2v) is 7.86. The Kier molecular flexibility index (Phi) is 5.65. The number of ether oxygens (including phenoxy) is 1. The van der Waals surface area contributed by atoms with Gasteiger partial charge in [0.1, 0.15) is 11.6 Å². The van der Waals surface area contributed by atoms with Crippen LogP contribution < -0.4 is 10.5 Å². The lowest BCUT2D eigenvalue weighted by Gasteiger charge is -2.39. The Morgan fingerprint density at radius 1 is 1.26 bits per heavy atom. The third kappa shape index (κ3) is 4.38. The number of hydrogen-bond acceptors (Lipinski definition) is 4. The summed E-state index contributed by atoms with van der Waals surface area (Å²) in [5, 5.41) is 0. The number of benzene rings is 1. The van der Waals surface area contributed by atoms with E-state index in [0.29, 0.717) is 41.9 Å². The maximum Gasteiger partial charge on any atom is 0.258 e. The molecule has 0 aliphatic carbocycles. The second-order valence-electron chi connectivity index (χ2n) is 7.86. The van der Waals surface area contributed by atoms with Gasteiger partial charge in [0.05, 0.1) is 23.6 Å². The molecule has 0 saturated carbocycles. The van der Waals surface area contributed by atoms with Gasteiger partial charge in [-0.25, -0.2) is 9.37 Å². The minimum atomic E-state index is -0.336. The molecule has 2 heterocycles. The quantitative estimate of drug-likeness (QED) is 0.821. The third-order valence-corrected chi connectivity index (χ3v) is 4.81. The third-order valence-electron chi connectivity index (χ3n) is 4.81. The van der Waals surface area contributed by atoms with E-state index in [9.17, 15) is 9.18 Å². The van der Waals surface area contributed by atoms with Crippen LogP contribution in [0.25, 0.3) is 5.69 Å². The first-order chi connectivity index (χ1) is 12.7. The van der Waals surface area contributed by atoms with Gasteiger partial charge in [-0.05, 0) is 45.2 Å². The van der Waals surface area contributed by atoms with Gasteiger partial charge in [-0.3, -0.25) is 9.36 Å². The van der Waals surface area contributed by atoms with Crippen LogP contribution in [-0.2, 0) is 4.74 Å². The van der Waals surface area contributed by atoms with Crippen LogP contribution in [0, 0.1) is 25.6 Å². The molecule has 0 spiro atoms. The molecule has 1 aromatic carbocycles. The molecule has 3 rings (SSSR count). The van der Waals surface area contributed by atoms with Crippen molar-refractivity contribution in [3.05, 3.63) is 52.0 Å². The predicted octanol–water partition coefficient (Wildman–Crippen LogP) is 3.63. The average Bonchev–Trinajstić information content (AvgIpc) is 2.52. The Bertz CT molecular complexity index is 876. The van der Waals surface area contributed by atoms with E-state index in [4.69, 9.17) is 4.74 Å². The monoisotopic (exact) mass is 373 g/mol. The number of rotatable bonds is 4. The topological polar surface area (TPSA) is 47.4 Å². The highest BCUT2D eigenvalue weighted by atomic mass is 19.1. The molecular weight excluding hydrogens is 345 g/mol. The van der Waals surface area contributed by atoms with Crippen LogP contribution in [-0.4, -0.2) is 34.8 Å². The van der Waals surface area contributed by atoms with Crippen molar-refractivity contribution in [2.75, 3.05) is 18.0 Å². The minimum Gasteiger partial charge on any atom is -0.372 e. The summed E-state index contributed by atoms with van der Waals surface area (Å²) >= 11 is 0. The molecule has 2 aromatic rings.